The van der Waals surface area contributed by atoms with Crippen molar-refractivity contribution in [3.05, 3.63) is 29.8 Å². The van der Waals surface area contributed by atoms with E-state index in [0.29, 0.717) is 18.5 Å². The molecule has 1 aromatic rings. The van der Waals surface area contributed by atoms with Crippen LogP contribution in [0.3, 0.4) is 0 Å². The molecule has 0 spiro atoms. The number of benzene rings is 1. The normalized spacial score (nSPS) is 19.3. The van der Waals surface area contributed by atoms with Crippen molar-refractivity contribution in [2.75, 3.05) is 11.4 Å². The van der Waals surface area contributed by atoms with Crippen molar-refractivity contribution in [3.8, 4) is 0 Å². The molecular weight excluding hydrogens is 274 g/mol. The van der Waals surface area contributed by atoms with E-state index in [2.05, 4.69) is 12.6 Å². The zero-order valence-electron chi connectivity index (χ0n) is 11.9. The number of carbonyl (C=O) groups excluding carboxylic acids is 2. The second-order valence-corrected chi connectivity index (χ2v) is 6.64. The molecule has 0 bridgehead atoms. The van der Waals surface area contributed by atoms with Gasteiger partial charge in [-0.25, -0.2) is 4.79 Å². The summed E-state index contributed by atoms with van der Waals surface area (Å²) in [4.78, 5) is 25.4. The minimum atomic E-state index is -0.514. The molecule has 0 aliphatic carbocycles. The fourth-order valence-electron chi connectivity index (χ4n) is 2.05. The van der Waals surface area contributed by atoms with E-state index in [1.807, 2.05) is 20.8 Å². The van der Waals surface area contributed by atoms with Crippen molar-refractivity contribution in [2.24, 2.45) is 0 Å². The summed E-state index contributed by atoms with van der Waals surface area (Å²) in [7, 11) is 0. The molecule has 1 heterocycles. The number of anilines is 1. The molecule has 1 unspecified atom stereocenters. The Hall–Kier alpha value is -1.49. The number of rotatable bonds is 2. The van der Waals surface area contributed by atoms with Gasteiger partial charge >= 0.3 is 5.97 Å². The SMILES string of the molecule is CC(C)(C)OC(=O)c1ccc(N2CC(S)CC2=O)cc1. The molecule has 1 atom stereocenters. The highest BCUT2D eigenvalue weighted by atomic mass is 32.1. The van der Waals surface area contributed by atoms with Crippen LogP contribution in [0.2, 0.25) is 0 Å². The molecular formula is C15H19NO3S. The summed E-state index contributed by atoms with van der Waals surface area (Å²) in [5.41, 5.74) is 0.761. The lowest BCUT2D eigenvalue weighted by molar-refractivity contribution is -0.117. The van der Waals surface area contributed by atoms with Crippen molar-refractivity contribution < 1.29 is 14.3 Å². The molecule has 1 aliphatic rings. The van der Waals surface area contributed by atoms with E-state index in [1.54, 1.807) is 29.2 Å². The van der Waals surface area contributed by atoms with Crippen molar-refractivity contribution in [1.29, 1.82) is 0 Å². The first kappa shape index (κ1) is 14.9. The van der Waals surface area contributed by atoms with Crippen LogP contribution in [-0.4, -0.2) is 29.3 Å². The van der Waals surface area contributed by atoms with E-state index in [-0.39, 0.29) is 17.1 Å². The minimum absolute atomic E-state index is 0.0648. The highest BCUT2D eigenvalue weighted by Crippen LogP contribution is 2.24. The highest BCUT2D eigenvalue weighted by molar-refractivity contribution is 7.81. The van der Waals surface area contributed by atoms with Gasteiger partial charge in [-0.2, -0.15) is 12.6 Å². The molecule has 0 saturated carbocycles. The van der Waals surface area contributed by atoms with Crippen LogP contribution >= 0.6 is 12.6 Å². The standard InChI is InChI=1S/C15H19NO3S/c1-15(2,3)19-14(18)10-4-6-11(7-5-10)16-9-12(20)8-13(16)17/h4-7,12,20H,8-9H2,1-3H3. The molecule has 0 aromatic heterocycles. The molecule has 1 amide bonds. The smallest absolute Gasteiger partial charge is 0.338 e. The summed E-state index contributed by atoms with van der Waals surface area (Å²) >= 11 is 4.32. The largest absolute Gasteiger partial charge is 0.456 e. The van der Waals surface area contributed by atoms with Crippen molar-refractivity contribution in [2.45, 2.75) is 38.0 Å². The van der Waals surface area contributed by atoms with Crippen LogP contribution in [0.4, 0.5) is 5.69 Å². The fraction of sp³-hybridized carbons (Fsp3) is 0.467. The maximum atomic E-state index is 11.9. The molecule has 20 heavy (non-hydrogen) atoms. The third kappa shape index (κ3) is 3.54. The van der Waals surface area contributed by atoms with Gasteiger partial charge in [-0.05, 0) is 45.0 Å². The van der Waals surface area contributed by atoms with Gasteiger partial charge in [0.1, 0.15) is 5.60 Å². The highest BCUT2D eigenvalue weighted by Gasteiger charge is 2.28. The zero-order valence-corrected chi connectivity index (χ0v) is 12.8. The topological polar surface area (TPSA) is 46.6 Å². The van der Waals surface area contributed by atoms with Gasteiger partial charge in [0.05, 0.1) is 5.56 Å². The molecule has 108 valence electrons. The maximum absolute atomic E-state index is 11.9. The Kier molecular flexibility index (Phi) is 4.09. The molecule has 2 rings (SSSR count). The van der Waals surface area contributed by atoms with Crippen LogP contribution in [-0.2, 0) is 9.53 Å². The Labute approximate surface area is 124 Å². The number of nitrogens with zero attached hydrogens (tertiary/aromatic N) is 1. The summed E-state index contributed by atoms with van der Waals surface area (Å²) in [5, 5.41) is 0.0769. The molecule has 0 N–H and O–H groups in total. The summed E-state index contributed by atoms with van der Waals surface area (Å²) in [6, 6.07) is 6.90. The van der Waals surface area contributed by atoms with Crippen molar-refractivity contribution in [3.63, 3.8) is 0 Å². The Morgan fingerprint density at radius 2 is 1.90 bits per heavy atom. The average Bonchev–Trinajstić information content (AvgIpc) is 2.66. The predicted molar refractivity (Wildman–Crippen MR) is 81.4 cm³/mol. The van der Waals surface area contributed by atoms with Crippen LogP contribution in [0.25, 0.3) is 0 Å². The van der Waals surface area contributed by atoms with Crippen molar-refractivity contribution >= 4 is 30.2 Å². The Morgan fingerprint density at radius 3 is 2.35 bits per heavy atom. The van der Waals surface area contributed by atoms with Gasteiger partial charge < -0.3 is 9.64 Å². The van der Waals surface area contributed by atoms with Crippen LogP contribution in [0.5, 0.6) is 0 Å². The third-order valence-electron chi connectivity index (χ3n) is 2.92. The average molecular weight is 293 g/mol. The molecule has 0 radical (unpaired) electrons. The first-order valence-electron chi connectivity index (χ1n) is 6.58. The third-order valence-corrected chi connectivity index (χ3v) is 3.26. The quantitative estimate of drug-likeness (QED) is 0.673. The van der Waals surface area contributed by atoms with Crippen LogP contribution in [0, 0.1) is 0 Å². The lowest BCUT2D eigenvalue weighted by Crippen LogP contribution is -2.25. The van der Waals surface area contributed by atoms with E-state index >= 15 is 0 Å². The van der Waals surface area contributed by atoms with E-state index in [1.165, 1.54) is 0 Å². The fourth-order valence-corrected chi connectivity index (χ4v) is 2.37. The number of thiol groups is 1. The number of ether oxygens (including phenoxy) is 1. The molecule has 1 saturated heterocycles. The molecule has 1 fully saturated rings. The number of amides is 1. The molecule has 4 nitrogen and oxygen atoms in total. The van der Waals surface area contributed by atoms with Crippen LogP contribution in [0.1, 0.15) is 37.6 Å². The van der Waals surface area contributed by atoms with Crippen LogP contribution in [0.15, 0.2) is 24.3 Å². The van der Waals surface area contributed by atoms with Gasteiger partial charge in [-0.15, -0.1) is 0 Å². The summed E-state index contributed by atoms with van der Waals surface area (Å²) in [5.74, 6) is -0.293. The van der Waals surface area contributed by atoms with E-state index < -0.39 is 5.60 Å². The lowest BCUT2D eigenvalue weighted by Gasteiger charge is -2.20. The van der Waals surface area contributed by atoms with E-state index in [0.717, 1.165) is 5.69 Å². The monoisotopic (exact) mass is 293 g/mol. The van der Waals surface area contributed by atoms with Gasteiger partial charge in [0.15, 0.2) is 0 Å². The van der Waals surface area contributed by atoms with Crippen molar-refractivity contribution in [1.82, 2.24) is 0 Å². The number of esters is 1. The van der Waals surface area contributed by atoms with Gasteiger partial charge in [0.2, 0.25) is 5.91 Å². The number of carbonyl (C=O) groups is 2. The molecule has 1 aliphatic heterocycles. The van der Waals surface area contributed by atoms with Gasteiger partial charge in [0.25, 0.3) is 0 Å². The lowest BCUT2D eigenvalue weighted by atomic mass is 10.1. The zero-order chi connectivity index (χ0) is 14.9. The first-order chi connectivity index (χ1) is 9.26. The number of hydrogen-bond donors (Lipinski definition) is 1. The Bertz CT molecular complexity index is 519. The first-order valence-corrected chi connectivity index (χ1v) is 7.10. The second kappa shape index (κ2) is 5.48. The van der Waals surface area contributed by atoms with Gasteiger partial charge in [-0.1, -0.05) is 0 Å². The summed E-state index contributed by atoms with van der Waals surface area (Å²) in [6.45, 7) is 6.09. The maximum Gasteiger partial charge on any atom is 0.338 e. The van der Waals surface area contributed by atoms with E-state index in [9.17, 15) is 9.59 Å². The van der Waals surface area contributed by atoms with Gasteiger partial charge in [0, 0.05) is 23.9 Å². The summed E-state index contributed by atoms with van der Waals surface area (Å²) in [6.07, 6.45) is 0.455. The second-order valence-electron chi connectivity index (χ2n) is 5.91. The Balaban J connectivity index is 2.11. The van der Waals surface area contributed by atoms with Gasteiger partial charge in [-0.3, -0.25) is 4.79 Å². The number of hydrogen-bond acceptors (Lipinski definition) is 4. The van der Waals surface area contributed by atoms with E-state index in [4.69, 9.17) is 4.74 Å². The van der Waals surface area contributed by atoms with Crippen LogP contribution < -0.4 is 4.90 Å². The summed E-state index contributed by atoms with van der Waals surface area (Å²) < 4.78 is 5.30. The Morgan fingerprint density at radius 1 is 1.30 bits per heavy atom. The predicted octanol–water partition coefficient (Wildman–Crippen LogP) is 2.68. The molecule has 5 heteroatoms. The molecule has 1 aromatic carbocycles. The minimum Gasteiger partial charge on any atom is -0.456 e.